The van der Waals surface area contributed by atoms with Crippen molar-refractivity contribution in [2.45, 2.75) is 52.3 Å². The van der Waals surface area contributed by atoms with Gasteiger partial charge in [-0.3, -0.25) is 15.0 Å². The van der Waals surface area contributed by atoms with E-state index in [1.807, 2.05) is 37.3 Å². The number of aromatic nitrogens is 1. The number of carbonyl (C=O) groups excluding carboxylic acids is 2. The van der Waals surface area contributed by atoms with E-state index in [1.54, 1.807) is 39.0 Å². The third-order valence-electron chi connectivity index (χ3n) is 5.00. The summed E-state index contributed by atoms with van der Waals surface area (Å²) in [6.07, 6.45) is -2.75. The van der Waals surface area contributed by atoms with Crippen LogP contribution in [0.1, 0.15) is 55.8 Å². The summed E-state index contributed by atoms with van der Waals surface area (Å²) in [6, 6.07) is 14.0. The fraction of sp³-hybridized carbons (Fsp3) is 0.346. The number of nitrogens with zero attached hydrogens (tertiary/aromatic N) is 2. The van der Waals surface area contributed by atoms with E-state index in [4.69, 9.17) is 4.74 Å². The molecule has 0 radical (unpaired) electrons. The van der Waals surface area contributed by atoms with Crippen LogP contribution in [0.5, 0.6) is 0 Å². The Bertz CT molecular complexity index is 1200. The van der Waals surface area contributed by atoms with Gasteiger partial charge in [0, 0.05) is 17.8 Å². The zero-order valence-corrected chi connectivity index (χ0v) is 21.3. The van der Waals surface area contributed by atoms with Crippen LogP contribution in [-0.4, -0.2) is 29.1 Å². The van der Waals surface area contributed by atoms with Crippen molar-refractivity contribution in [2.75, 3.05) is 16.8 Å². The number of rotatable bonds is 7. The minimum Gasteiger partial charge on any atom is -0.443 e. The summed E-state index contributed by atoms with van der Waals surface area (Å²) in [5.74, 6) is -0.610. The molecule has 0 saturated carbocycles. The molecule has 0 bridgehead atoms. The molecule has 10 heteroatoms. The lowest BCUT2D eigenvalue weighted by Gasteiger charge is -2.28. The molecule has 1 aromatic heterocycles. The van der Waals surface area contributed by atoms with Crippen molar-refractivity contribution in [3.8, 4) is 11.1 Å². The second kappa shape index (κ2) is 11.1. The van der Waals surface area contributed by atoms with Gasteiger partial charge in [0.1, 0.15) is 10.5 Å². The molecule has 2 amide bonds. The van der Waals surface area contributed by atoms with Gasteiger partial charge < -0.3 is 4.74 Å². The quantitative estimate of drug-likeness (QED) is 0.348. The summed E-state index contributed by atoms with van der Waals surface area (Å²) in [6.45, 7) is 7.79. The van der Waals surface area contributed by atoms with Crippen LogP contribution < -0.4 is 10.2 Å². The fourth-order valence-corrected chi connectivity index (χ4v) is 4.02. The lowest BCUT2D eigenvalue weighted by Crippen LogP contribution is -2.37. The van der Waals surface area contributed by atoms with Crippen LogP contribution >= 0.6 is 11.3 Å². The van der Waals surface area contributed by atoms with Gasteiger partial charge in [0.05, 0.1) is 6.20 Å². The van der Waals surface area contributed by atoms with Gasteiger partial charge in [0.15, 0.2) is 5.13 Å². The summed E-state index contributed by atoms with van der Waals surface area (Å²) >= 11 is 0.353. The number of benzene rings is 2. The minimum absolute atomic E-state index is 0.159. The SMILES string of the molecule is CCCCN(C(=O)OC(C)(C)C)c1ccc(C(=O)Nc2ncc(C(F)(F)F)s2)c(-c2ccccc2)c1. The summed E-state index contributed by atoms with van der Waals surface area (Å²) in [7, 11) is 0. The van der Waals surface area contributed by atoms with E-state index in [0.29, 0.717) is 40.9 Å². The molecule has 0 unspecified atom stereocenters. The molecular weight excluding hydrogens is 491 g/mol. The Labute approximate surface area is 212 Å². The lowest BCUT2D eigenvalue weighted by molar-refractivity contribution is -0.134. The average molecular weight is 520 g/mol. The van der Waals surface area contributed by atoms with Crippen molar-refractivity contribution in [2.24, 2.45) is 0 Å². The van der Waals surface area contributed by atoms with Crippen molar-refractivity contribution < 1.29 is 27.5 Å². The van der Waals surface area contributed by atoms with Gasteiger partial charge in [-0.05, 0) is 56.5 Å². The highest BCUT2D eigenvalue weighted by atomic mass is 32.1. The number of carbonyl (C=O) groups is 2. The zero-order chi connectivity index (χ0) is 26.5. The Hall–Kier alpha value is -3.40. The third-order valence-corrected chi connectivity index (χ3v) is 5.96. The number of unbranched alkanes of at least 4 members (excludes halogenated alkanes) is 1. The van der Waals surface area contributed by atoms with Crippen LogP contribution in [0, 0.1) is 0 Å². The standard InChI is InChI=1S/C26H28F3N3O3S/c1-5-6-14-32(24(34)35-25(2,3)4)18-12-13-19(20(15-18)17-10-8-7-9-11-17)22(33)31-23-30-16-21(36-23)26(27,28)29/h7-13,15-16H,5-6,14H2,1-4H3,(H,30,31,33). The third kappa shape index (κ3) is 7.07. The van der Waals surface area contributed by atoms with Crippen molar-refractivity contribution in [3.05, 3.63) is 65.2 Å². The largest absolute Gasteiger partial charge is 0.443 e. The molecule has 0 fully saturated rings. The number of anilines is 2. The highest BCUT2D eigenvalue weighted by molar-refractivity contribution is 7.15. The second-order valence-electron chi connectivity index (χ2n) is 9.06. The van der Waals surface area contributed by atoms with Crippen LogP contribution in [0.4, 0.5) is 28.8 Å². The summed E-state index contributed by atoms with van der Waals surface area (Å²) in [5.41, 5.74) is 1.31. The van der Waals surface area contributed by atoms with E-state index in [2.05, 4.69) is 10.3 Å². The molecule has 3 rings (SSSR count). The van der Waals surface area contributed by atoms with E-state index < -0.39 is 28.7 Å². The second-order valence-corrected chi connectivity index (χ2v) is 10.1. The number of ether oxygens (including phenoxy) is 1. The van der Waals surface area contributed by atoms with Crippen LogP contribution in [0.3, 0.4) is 0 Å². The number of nitrogens with one attached hydrogen (secondary N) is 1. The summed E-state index contributed by atoms with van der Waals surface area (Å²) in [5, 5.41) is 2.30. The van der Waals surface area contributed by atoms with Crippen molar-refractivity contribution >= 4 is 34.2 Å². The first kappa shape index (κ1) is 27.2. The van der Waals surface area contributed by atoms with E-state index in [-0.39, 0.29) is 10.7 Å². The number of halogens is 3. The van der Waals surface area contributed by atoms with Crippen molar-refractivity contribution in [3.63, 3.8) is 0 Å². The van der Waals surface area contributed by atoms with Crippen molar-refractivity contribution in [1.29, 1.82) is 0 Å². The predicted molar refractivity (Wildman–Crippen MR) is 135 cm³/mol. The van der Waals surface area contributed by atoms with Crippen LogP contribution in [0.15, 0.2) is 54.7 Å². The highest BCUT2D eigenvalue weighted by Crippen LogP contribution is 2.36. The first-order valence-corrected chi connectivity index (χ1v) is 12.2. The molecule has 0 aliphatic heterocycles. The van der Waals surface area contributed by atoms with Crippen LogP contribution in [0.25, 0.3) is 11.1 Å². The molecule has 2 aromatic carbocycles. The summed E-state index contributed by atoms with van der Waals surface area (Å²) in [4.78, 5) is 30.4. The summed E-state index contributed by atoms with van der Waals surface area (Å²) < 4.78 is 44.4. The predicted octanol–water partition coefficient (Wildman–Crippen LogP) is 7.62. The zero-order valence-electron chi connectivity index (χ0n) is 20.5. The molecule has 36 heavy (non-hydrogen) atoms. The van der Waals surface area contributed by atoms with Gasteiger partial charge >= 0.3 is 12.3 Å². The van der Waals surface area contributed by atoms with E-state index >= 15 is 0 Å². The maximum atomic E-state index is 13.1. The molecule has 0 saturated heterocycles. The number of hydrogen-bond donors (Lipinski definition) is 1. The molecule has 0 aliphatic carbocycles. The Balaban J connectivity index is 2.00. The fourth-order valence-electron chi connectivity index (χ4n) is 3.34. The Morgan fingerprint density at radius 3 is 2.36 bits per heavy atom. The maximum Gasteiger partial charge on any atom is 0.427 e. The number of thiazole rings is 1. The Morgan fingerprint density at radius 2 is 1.78 bits per heavy atom. The molecule has 6 nitrogen and oxygen atoms in total. The molecule has 1 N–H and O–H groups in total. The molecule has 0 spiro atoms. The van der Waals surface area contributed by atoms with Gasteiger partial charge in [-0.2, -0.15) is 13.2 Å². The molecule has 192 valence electrons. The number of amides is 2. The van der Waals surface area contributed by atoms with Crippen LogP contribution in [0.2, 0.25) is 0 Å². The molecule has 3 aromatic rings. The maximum absolute atomic E-state index is 13.1. The molecular formula is C26H28F3N3O3S. The van der Waals surface area contributed by atoms with Gasteiger partial charge in [-0.1, -0.05) is 55.0 Å². The van der Waals surface area contributed by atoms with E-state index in [9.17, 15) is 22.8 Å². The highest BCUT2D eigenvalue weighted by Gasteiger charge is 2.33. The van der Waals surface area contributed by atoms with E-state index in [1.165, 1.54) is 4.90 Å². The Kier molecular flexibility index (Phi) is 8.39. The monoisotopic (exact) mass is 519 g/mol. The number of hydrogen-bond acceptors (Lipinski definition) is 5. The smallest absolute Gasteiger partial charge is 0.427 e. The first-order chi connectivity index (χ1) is 16.9. The first-order valence-electron chi connectivity index (χ1n) is 11.4. The van der Waals surface area contributed by atoms with Gasteiger partial charge in [-0.15, -0.1) is 0 Å². The molecule has 0 aliphatic rings. The van der Waals surface area contributed by atoms with Gasteiger partial charge in [0.2, 0.25) is 0 Å². The normalized spacial score (nSPS) is 11.8. The van der Waals surface area contributed by atoms with Crippen LogP contribution in [-0.2, 0) is 10.9 Å². The lowest BCUT2D eigenvalue weighted by atomic mass is 9.98. The van der Waals surface area contributed by atoms with Gasteiger partial charge in [-0.25, -0.2) is 9.78 Å². The van der Waals surface area contributed by atoms with Crippen molar-refractivity contribution in [1.82, 2.24) is 4.98 Å². The average Bonchev–Trinajstić information content (AvgIpc) is 3.28. The topological polar surface area (TPSA) is 71.5 Å². The van der Waals surface area contributed by atoms with E-state index in [0.717, 1.165) is 12.8 Å². The molecule has 0 atom stereocenters. The number of alkyl halides is 3. The minimum atomic E-state index is -4.54. The Morgan fingerprint density at radius 1 is 1.08 bits per heavy atom. The molecule has 1 heterocycles. The van der Waals surface area contributed by atoms with Gasteiger partial charge in [0.25, 0.3) is 5.91 Å².